The Balaban J connectivity index is 1.67. The minimum Gasteiger partial charge on any atom is -0.466 e. The summed E-state index contributed by atoms with van der Waals surface area (Å²) in [5.41, 5.74) is -0.560. The number of likely N-dealkylation sites (tertiary alicyclic amines) is 1. The van der Waals surface area contributed by atoms with Crippen LogP contribution in [0.1, 0.15) is 19.8 Å². The monoisotopic (exact) mass is 422 g/mol. The Kier molecular flexibility index (Phi) is 5.27. The zero-order valence-electron chi connectivity index (χ0n) is 16.0. The van der Waals surface area contributed by atoms with Crippen molar-refractivity contribution >= 4 is 35.1 Å². The molecular weight excluding hydrogens is 400 g/mol. The molecule has 0 aromatic heterocycles. The lowest BCUT2D eigenvalue weighted by Crippen LogP contribution is -2.53. The van der Waals surface area contributed by atoms with Crippen molar-refractivity contribution in [2.24, 2.45) is 11.8 Å². The Bertz CT molecular complexity index is 831. The van der Waals surface area contributed by atoms with Crippen LogP contribution in [0.4, 0.5) is 5.69 Å². The van der Waals surface area contributed by atoms with E-state index < -0.39 is 41.5 Å². The van der Waals surface area contributed by atoms with Gasteiger partial charge in [-0.1, -0.05) is 11.6 Å². The van der Waals surface area contributed by atoms with Crippen molar-refractivity contribution in [2.75, 3.05) is 25.1 Å². The number of ether oxygens (including phenoxy) is 2. The number of anilines is 1. The molecule has 3 fully saturated rings. The van der Waals surface area contributed by atoms with Gasteiger partial charge >= 0.3 is 5.97 Å². The third-order valence-electron chi connectivity index (χ3n) is 6.06. The normalized spacial score (nSPS) is 32.4. The second-order valence-electron chi connectivity index (χ2n) is 7.56. The summed E-state index contributed by atoms with van der Waals surface area (Å²) in [5.74, 6) is -2.75. The third kappa shape index (κ3) is 3.10. The number of hydrogen-bond acceptors (Lipinski definition) is 6. The van der Waals surface area contributed by atoms with Crippen molar-refractivity contribution in [2.45, 2.75) is 37.5 Å². The fraction of sp³-hybridized carbons (Fsp3) is 0.550. The number of amides is 2. The van der Waals surface area contributed by atoms with Crippen LogP contribution in [0.3, 0.4) is 0 Å². The van der Waals surface area contributed by atoms with Crippen molar-refractivity contribution < 1.29 is 29.0 Å². The van der Waals surface area contributed by atoms with Crippen LogP contribution in [0.15, 0.2) is 24.3 Å². The van der Waals surface area contributed by atoms with Gasteiger partial charge in [0.05, 0.1) is 31.2 Å². The summed E-state index contributed by atoms with van der Waals surface area (Å²) in [6.07, 6.45) is 0.625. The predicted octanol–water partition coefficient (Wildman–Crippen LogP) is 1.21. The van der Waals surface area contributed by atoms with Crippen LogP contribution in [-0.2, 0) is 23.9 Å². The number of esters is 1. The zero-order valence-corrected chi connectivity index (χ0v) is 16.7. The second kappa shape index (κ2) is 7.59. The van der Waals surface area contributed by atoms with Gasteiger partial charge in [-0.2, -0.15) is 0 Å². The molecule has 2 amide bonds. The average Bonchev–Trinajstić information content (AvgIpc) is 3.32. The van der Waals surface area contributed by atoms with E-state index in [1.807, 2.05) is 0 Å². The maximum Gasteiger partial charge on any atom is 0.312 e. The number of aliphatic hydroxyl groups is 1. The molecule has 9 heteroatoms. The van der Waals surface area contributed by atoms with Gasteiger partial charge in [-0.15, -0.1) is 0 Å². The molecule has 5 atom stereocenters. The molecule has 29 heavy (non-hydrogen) atoms. The third-order valence-corrected chi connectivity index (χ3v) is 6.31. The molecule has 1 spiro atoms. The Labute approximate surface area is 173 Å². The molecule has 0 radical (unpaired) electrons. The highest BCUT2D eigenvalue weighted by Gasteiger charge is 2.74. The maximum absolute atomic E-state index is 13.2. The standard InChI is InChI=1S/C20H23ClN2O6/c1-2-28-19(27)14-13-7-8-20(29-13)15(14)18(26)23(9-10-24)16(20)17(25)22-12-5-3-11(21)4-6-12/h3-6,13-16,24H,2,7-10H2,1H3,(H,22,25)/t13-,14+,15-,16?,20?/m0/s1. The van der Waals surface area contributed by atoms with E-state index in [9.17, 15) is 19.5 Å². The van der Waals surface area contributed by atoms with E-state index in [-0.39, 0.29) is 25.7 Å². The number of rotatable bonds is 6. The molecule has 0 saturated carbocycles. The lowest BCUT2D eigenvalue weighted by atomic mass is 9.71. The quantitative estimate of drug-likeness (QED) is 0.667. The number of fused-ring (bicyclic) bond motifs is 1. The molecule has 0 aliphatic carbocycles. The SMILES string of the molecule is CCOC(=O)[C@@H]1[C@@H]2CCC3(O2)C(C(=O)Nc2ccc(Cl)cc2)N(CCO)C(=O)[C@H]13. The molecular formula is C20H23ClN2O6. The first kappa shape index (κ1) is 20.1. The first-order chi connectivity index (χ1) is 13.9. The molecule has 156 valence electrons. The Hall–Kier alpha value is -2.16. The largest absolute Gasteiger partial charge is 0.466 e. The fourth-order valence-corrected chi connectivity index (χ4v) is 5.18. The van der Waals surface area contributed by atoms with E-state index in [1.54, 1.807) is 31.2 Å². The van der Waals surface area contributed by atoms with Gasteiger partial charge in [0.1, 0.15) is 11.6 Å². The summed E-state index contributed by atoms with van der Waals surface area (Å²) in [6, 6.07) is 5.69. The molecule has 8 nitrogen and oxygen atoms in total. The van der Waals surface area contributed by atoms with Crippen LogP contribution >= 0.6 is 11.6 Å². The highest BCUT2D eigenvalue weighted by molar-refractivity contribution is 6.30. The van der Waals surface area contributed by atoms with E-state index in [2.05, 4.69) is 5.32 Å². The predicted molar refractivity (Wildman–Crippen MR) is 103 cm³/mol. The Morgan fingerprint density at radius 1 is 1.38 bits per heavy atom. The molecule has 1 aromatic carbocycles. The summed E-state index contributed by atoms with van der Waals surface area (Å²) in [7, 11) is 0. The first-order valence-electron chi connectivity index (χ1n) is 9.75. The molecule has 1 aromatic rings. The van der Waals surface area contributed by atoms with Crippen LogP contribution in [-0.4, -0.2) is 65.3 Å². The first-order valence-corrected chi connectivity index (χ1v) is 10.1. The van der Waals surface area contributed by atoms with E-state index in [0.29, 0.717) is 23.6 Å². The number of carbonyl (C=O) groups is 3. The van der Waals surface area contributed by atoms with Gasteiger partial charge in [-0.25, -0.2) is 0 Å². The zero-order chi connectivity index (χ0) is 20.8. The lowest BCUT2D eigenvalue weighted by molar-refractivity contribution is -0.154. The van der Waals surface area contributed by atoms with E-state index in [1.165, 1.54) is 4.90 Å². The van der Waals surface area contributed by atoms with E-state index in [4.69, 9.17) is 21.1 Å². The number of β-amino-alcohol motifs (C(OH)–C–C–N with tert-alkyl or cyclic N) is 1. The van der Waals surface area contributed by atoms with Crippen LogP contribution in [0.2, 0.25) is 5.02 Å². The number of hydrogen-bond donors (Lipinski definition) is 2. The van der Waals surface area contributed by atoms with Crippen molar-refractivity contribution in [1.82, 2.24) is 4.90 Å². The van der Waals surface area contributed by atoms with Gasteiger partial charge in [0.2, 0.25) is 11.8 Å². The maximum atomic E-state index is 13.2. The van der Waals surface area contributed by atoms with Crippen LogP contribution in [0.25, 0.3) is 0 Å². The Morgan fingerprint density at radius 3 is 2.76 bits per heavy atom. The number of carbonyl (C=O) groups excluding carboxylic acids is 3. The topological polar surface area (TPSA) is 105 Å². The van der Waals surface area contributed by atoms with E-state index in [0.717, 1.165) is 0 Å². The molecule has 2 unspecified atom stereocenters. The molecule has 3 heterocycles. The van der Waals surface area contributed by atoms with Gasteiger partial charge in [-0.3, -0.25) is 14.4 Å². The van der Waals surface area contributed by atoms with Crippen molar-refractivity contribution in [3.05, 3.63) is 29.3 Å². The molecule has 3 aliphatic rings. The summed E-state index contributed by atoms with van der Waals surface area (Å²) < 4.78 is 11.4. The molecule has 3 aliphatic heterocycles. The number of benzene rings is 1. The summed E-state index contributed by atoms with van der Waals surface area (Å²) in [5, 5.41) is 12.8. The van der Waals surface area contributed by atoms with Crippen LogP contribution < -0.4 is 5.32 Å². The smallest absolute Gasteiger partial charge is 0.312 e. The number of nitrogens with one attached hydrogen (secondary N) is 1. The van der Waals surface area contributed by atoms with Crippen LogP contribution in [0.5, 0.6) is 0 Å². The van der Waals surface area contributed by atoms with Crippen LogP contribution in [0, 0.1) is 11.8 Å². The number of aliphatic hydroxyl groups excluding tert-OH is 1. The molecule has 2 bridgehead atoms. The summed E-state index contributed by atoms with van der Waals surface area (Å²) in [4.78, 5) is 40.3. The minimum atomic E-state index is -1.09. The highest BCUT2D eigenvalue weighted by Crippen LogP contribution is 2.58. The summed E-state index contributed by atoms with van der Waals surface area (Å²) in [6.45, 7) is 1.60. The molecule has 4 rings (SSSR count). The minimum absolute atomic E-state index is 0.0145. The highest BCUT2D eigenvalue weighted by atomic mass is 35.5. The van der Waals surface area contributed by atoms with Crippen molar-refractivity contribution in [3.8, 4) is 0 Å². The number of halogens is 1. The van der Waals surface area contributed by atoms with Gasteiger partial charge in [0.15, 0.2) is 0 Å². The van der Waals surface area contributed by atoms with Gasteiger partial charge in [0, 0.05) is 17.3 Å². The molecule has 2 N–H and O–H groups in total. The Morgan fingerprint density at radius 2 is 2.10 bits per heavy atom. The lowest BCUT2D eigenvalue weighted by Gasteiger charge is -2.33. The summed E-state index contributed by atoms with van der Waals surface area (Å²) >= 11 is 5.90. The van der Waals surface area contributed by atoms with E-state index >= 15 is 0 Å². The van der Waals surface area contributed by atoms with Crippen molar-refractivity contribution in [3.63, 3.8) is 0 Å². The average molecular weight is 423 g/mol. The van der Waals surface area contributed by atoms with Crippen molar-refractivity contribution in [1.29, 1.82) is 0 Å². The molecule has 3 saturated heterocycles. The second-order valence-corrected chi connectivity index (χ2v) is 8.00. The van der Waals surface area contributed by atoms with Gasteiger partial charge < -0.3 is 24.8 Å². The van der Waals surface area contributed by atoms with Gasteiger partial charge in [-0.05, 0) is 44.0 Å². The fourth-order valence-electron chi connectivity index (χ4n) is 5.05. The van der Waals surface area contributed by atoms with Gasteiger partial charge in [0.25, 0.3) is 0 Å². The number of nitrogens with zero attached hydrogens (tertiary/aromatic N) is 1.